The Kier molecular flexibility index (Phi) is 6.27. The Morgan fingerprint density at radius 2 is 2.05 bits per heavy atom. The van der Waals surface area contributed by atoms with Gasteiger partial charge in [-0.2, -0.15) is 0 Å². The topological polar surface area (TPSA) is 34.4 Å². The summed E-state index contributed by atoms with van der Waals surface area (Å²) in [6.07, 6.45) is 4.34. The lowest BCUT2D eigenvalue weighted by Gasteiger charge is -2.14. The van der Waals surface area contributed by atoms with Crippen molar-refractivity contribution in [1.82, 2.24) is 5.32 Å². The maximum absolute atomic E-state index is 6.05. The third-order valence-corrected chi connectivity index (χ3v) is 3.76. The van der Waals surface area contributed by atoms with E-state index in [-0.39, 0.29) is 0 Å². The normalized spacial score (nSPS) is 12.9. The van der Waals surface area contributed by atoms with Gasteiger partial charge in [-0.15, -0.1) is 0 Å². The highest BCUT2D eigenvalue weighted by molar-refractivity contribution is 5.78. The van der Waals surface area contributed by atoms with E-state index in [1.165, 1.54) is 10.9 Å². The zero-order valence-corrected chi connectivity index (χ0v) is 13.4. The van der Waals surface area contributed by atoms with Crippen molar-refractivity contribution >= 4 is 11.0 Å². The van der Waals surface area contributed by atoms with Crippen molar-refractivity contribution < 1.29 is 9.15 Å². The highest BCUT2D eigenvalue weighted by Gasteiger charge is 2.15. The third kappa shape index (κ3) is 4.32. The first-order chi connectivity index (χ1) is 10.3. The molecule has 2 aromatic rings. The first-order valence-corrected chi connectivity index (χ1v) is 8.03. The van der Waals surface area contributed by atoms with Crippen molar-refractivity contribution in [1.29, 1.82) is 0 Å². The van der Waals surface area contributed by atoms with Crippen LogP contribution in [0.3, 0.4) is 0 Å². The van der Waals surface area contributed by atoms with Gasteiger partial charge in [0.25, 0.3) is 0 Å². The van der Waals surface area contributed by atoms with Gasteiger partial charge in [0, 0.05) is 12.5 Å². The SMILES string of the molecule is CCCNC(CCC)c1cc2cc(CCOC)ccc2o1. The van der Waals surface area contributed by atoms with E-state index in [4.69, 9.17) is 9.15 Å². The van der Waals surface area contributed by atoms with Gasteiger partial charge in [-0.3, -0.25) is 0 Å². The first-order valence-electron chi connectivity index (χ1n) is 8.03. The minimum Gasteiger partial charge on any atom is -0.459 e. The number of ether oxygens (including phenoxy) is 1. The molecular weight excluding hydrogens is 262 g/mol. The molecule has 0 aliphatic rings. The van der Waals surface area contributed by atoms with Gasteiger partial charge in [-0.25, -0.2) is 0 Å². The minimum absolute atomic E-state index is 0.324. The second kappa shape index (κ2) is 8.20. The monoisotopic (exact) mass is 289 g/mol. The van der Waals surface area contributed by atoms with Gasteiger partial charge >= 0.3 is 0 Å². The predicted molar refractivity (Wildman–Crippen MR) is 87.7 cm³/mol. The van der Waals surface area contributed by atoms with E-state index < -0.39 is 0 Å². The molecule has 0 aliphatic carbocycles. The summed E-state index contributed by atoms with van der Waals surface area (Å²) in [4.78, 5) is 0. The zero-order valence-electron chi connectivity index (χ0n) is 13.4. The van der Waals surface area contributed by atoms with Crippen LogP contribution in [0.4, 0.5) is 0 Å². The lowest BCUT2D eigenvalue weighted by Crippen LogP contribution is -2.21. The summed E-state index contributed by atoms with van der Waals surface area (Å²) in [6, 6.07) is 8.93. The van der Waals surface area contributed by atoms with Crippen LogP contribution < -0.4 is 5.32 Å². The van der Waals surface area contributed by atoms with Crippen LogP contribution in [-0.4, -0.2) is 20.3 Å². The first kappa shape index (κ1) is 16.1. The molecule has 0 spiro atoms. The second-order valence-corrected chi connectivity index (χ2v) is 5.56. The van der Waals surface area contributed by atoms with Crippen molar-refractivity contribution in [3.05, 3.63) is 35.6 Å². The van der Waals surface area contributed by atoms with E-state index in [0.29, 0.717) is 6.04 Å². The molecule has 0 fully saturated rings. The summed E-state index contributed by atoms with van der Waals surface area (Å²) < 4.78 is 11.2. The largest absolute Gasteiger partial charge is 0.459 e. The van der Waals surface area contributed by atoms with Crippen molar-refractivity contribution in [2.24, 2.45) is 0 Å². The minimum atomic E-state index is 0.324. The fourth-order valence-corrected chi connectivity index (χ4v) is 2.61. The van der Waals surface area contributed by atoms with Crippen LogP contribution in [0.25, 0.3) is 11.0 Å². The standard InChI is InChI=1S/C18H27NO2/c1-4-6-16(19-10-5-2)18-13-15-12-14(9-11-20-3)7-8-17(15)21-18/h7-8,12-13,16,19H,4-6,9-11H2,1-3H3. The molecule has 1 heterocycles. The Morgan fingerprint density at radius 1 is 1.19 bits per heavy atom. The molecule has 1 aromatic carbocycles. The number of hydrogen-bond donors (Lipinski definition) is 1. The van der Waals surface area contributed by atoms with E-state index in [0.717, 1.165) is 50.2 Å². The van der Waals surface area contributed by atoms with Gasteiger partial charge < -0.3 is 14.5 Å². The molecule has 21 heavy (non-hydrogen) atoms. The quantitative estimate of drug-likeness (QED) is 0.740. The lowest BCUT2D eigenvalue weighted by atomic mass is 10.1. The predicted octanol–water partition coefficient (Wildman–Crippen LogP) is 4.46. The number of benzene rings is 1. The third-order valence-electron chi connectivity index (χ3n) is 3.76. The van der Waals surface area contributed by atoms with Gasteiger partial charge in [0.05, 0.1) is 12.6 Å². The molecule has 116 valence electrons. The van der Waals surface area contributed by atoms with Crippen LogP contribution in [0.2, 0.25) is 0 Å². The Bertz CT molecular complexity index is 547. The molecule has 0 radical (unpaired) electrons. The molecular formula is C18H27NO2. The number of hydrogen-bond acceptors (Lipinski definition) is 3. The summed E-state index contributed by atoms with van der Waals surface area (Å²) in [5.41, 5.74) is 2.27. The van der Waals surface area contributed by atoms with Crippen LogP contribution in [0, 0.1) is 0 Å². The van der Waals surface area contributed by atoms with Gasteiger partial charge in [0.2, 0.25) is 0 Å². The van der Waals surface area contributed by atoms with Crippen LogP contribution >= 0.6 is 0 Å². The van der Waals surface area contributed by atoms with Gasteiger partial charge in [0.1, 0.15) is 11.3 Å². The molecule has 0 saturated heterocycles. The number of nitrogens with one attached hydrogen (secondary N) is 1. The number of rotatable bonds is 9. The van der Waals surface area contributed by atoms with Crippen LogP contribution in [0.1, 0.15) is 50.5 Å². The molecule has 1 aromatic heterocycles. The molecule has 0 aliphatic heterocycles. The van der Waals surface area contributed by atoms with Gasteiger partial charge in [-0.1, -0.05) is 26.3 Å². The highest BCUT2D eigenvalue weighted by Crippen LogP contribution is 2.27. The summed E-state index contributed by atoms with van der Waals surface area (Å²) in [5, 5.41) is 4.78. The number of methoxy groups -OCH3 is 1. The van der Waals surface area contributed by atoms with E-state index >= 15 is 0 Å². The average Bonchev–Trinajstić information content (AvgIpc) is 2.92. The fraction of sp³-hybridized carbons (Fsp3) is 0.556. The zero-order chi connectivity index (χ0) is 15.1. The van der Waals surface area contributed by atoms with E-state index in [1.54, 1.807) is 7.11 Å². The van der Waals surface area contributed by atoms with E-state index in [9.17, 15) is 0 Å². The molecule has 3 nitrogen and oxygen atoms in total. The average molecular weight is 289 g/mol. The maximum atomic E-state index is 6.05. The summed E-state index contributed by atoms with van der Waals surface area (Å²) >= 11 is 0. The molecule has 1 N–H and O–H groups in total. The van der Waals surface area contributed by atoms with Gasteiger partial charge in [0.15, 0.2) is 0 Å². The molecule has 2 rings (SSSR count). The smallest absolute Gasteiger partial charge is 0.134 e. The Labute approximate surface area is 127 Å². The number of furan rings is 1. The van der Waals surface area contributed by atoms with Crippen molar-refractivity contribution in [2.75, 3.05) is 20.3 Å². The fourth-order valence-electron chi connectivity index (χ4n) is 2.61. The Morgan fingerprint density at radius 3 is 2.76 bits per heavy atom. The Balaban J connectivity index is 2.19. The summed E-state index contributed by atoms with van der Waals surface area (Å²) in [5.74, 6) is 1.06. The Hall–Kier alpha value is -1.32. The van der Waals surface area contributed by atoms with Crippen molar-refractivity contribution in [3.63, 3.8) is 0 Å². The van der Waals surface area contributed by atoms with Crippen LogP contribution in [0.5, 0.6) is 0 Å². The van der Waals surface area contributed by atoms with Crippen molar-refractivity contribution in [3.8, 4) is 0 Å². The van der Waals surface area contributed by atoms with Crippen LogP contribution in [-0.2, 0) is 11.2 Å². The van der Waals surface area contributed by atoms with Crippen molar-refractivity contribution in [2.45, 2.75) is 45.6 Å². The molecule has 1 unspecified atom stereocenters. The lowest BCUT2D eigenvalue weighted by molar-refractivity contribution is 0.202. The summed E-state index contributed by atoms with van der Waals surface area (Å²) in [7, 11) is 1.74. The molecule has 1 atom stereocenters. The second-order valence-electron chi connectivity index (χ2n) is 5.56. The molecule has 0 amide bonds. The summed E-state index contributed by atoms with van der Waals surface area (Å²) in [6.45, 7) is 6.19. The molecule has 0 saturated carbocycles. The number of fused-ring (bicyclic) bond motifs is 1. The maximum Gasteiger partial charge on any atom is 0.134 e. The highest BCUT2D eigenvalue weighted by atomic mass is 16.5. The van der Waals surface area contributed by atoms with E-state index in [2.05, 4.69) is 43.4 Å². The molecule has 3 heteroatoms. The van der Waals surface area contributed by atoms with Gasteiger partial charge in [-0.05, 0) is 49.6 Å². The van der Waals surface area contributed by atoms with Crippen LogP contribution in [0.15, 0.2) is 28.7 Å². The molecule has 0 bridgehead atoms. The van der Waals surface area contributed by atoms with E-state index in [1.807, 2.05) is 0 Å².